The summed E-state index contributed by atoms with van der Waals surface area (Å²) in [6.45, 7) is 0. The molecule has 0 aliphatic carbocycles. The minimum Gasteiger partial charge on any atom is -0.294 e. The molecule has 0 unspecified atom stereocenters. The lowest BCUT2D eigenvalue weighted by atomic mass is 9.98. The summed E-state index contributed by atoms with van der Waals surface area (Å²) < 4.78 is 4.50. The quantitative estimate of drug-likeness (QED) is 0.172. The van der Waals surface area contributed by atoms with E-state index in [1.165, 1.54) is 27.1 Å². The van der Waals surface area contributed by atoms with E-state index in [9.17, 15) is 0 Å². The predicted molar refractivity (Wildman–Crippen MR) is 230 cm³/mol. The van der Waals surface area contributed by atoms with E-state index in [2.05, 4.69) is 209 Å². The minimum atomic E-state index is 0.772. The van der Waals surface area contributed by atoms with Gasteiger partial charge in [-0.05, 0) is 89.0 Å². The highest BCUT2D eigenvalue weighted by Crippen LogP contribution is 2.36. The Hall–Kier alpha value is -7.63. The first-order chi connectivity index (χ1) is 27.8. The maximum absolute atomic E-state index is 5.33. The number of rotatable bonds is 6. The van der Waals surface area contributed by atoms with Crippen LogP contribution in [0.4, 0.5) is 0 Å². The van der Waals surface area contributed by atoms with Gasteiger partial charge >= 0.3 is 0 Å². The molecule has 0 fully saturated rings. The Morgan fingerprint density at radius 3 is 1.09 bits per heavy atom. The second-order valence-corrected chi connectivity index (χ2v) is 14.1. The highest BCUT2D eigenvalue weighted by molar-refractivity contribution is 6.10. The Morgan fingerprint density at radius 1 is 0.250 bits per heavy atom. The van der Waals surface area contributed by atoms with Crippen molar-refractivity contribution in [1.82, 2.24) is 24.1 Å². The monoisotopic (exact) mass is 715 g/mol. The molecule has 5 heteroatoms. The van der Waals surface area contributed by atoms with Crippen LogP contribution >= 0.6 is 0 Å². The number of benzene rings is 6. The average Bonchev–Trinajstić information content (AvgIpc) is 3.80. The van der Waals surface area contributed by atoms with E-state index in [0.29, 0.717) is 0 Å². The van der Waals surface area contributed by atoms with Crippen LogP contribution in [0.5, 0.6) is 0 Å². The second kappa shape index (κ2) is 13.0. The number of fused-ring (bicyclic) bond motifs is 6. The van der Waals surface area contributed by atoms with Gasteiger partial charge in [0.05, 0.1) is 44.8 Å². The fraction of sp³-hybridized carbons (Fsp3) is 0. The van der Waals surface area contributed by atoms with Gasteiger partial charge in [-0.1, -0.05) is 133 Å². The van der Waals surface area contributed by atoms with Crippen LogP contribution in [0.15, 0.2) is 200 Å². The van der Waals surface area contributed by atoms with Crippen molar-refractivity contribution in [2.75, 3.05) is 0 Å². The maximum atomic E-state index is 5.33. The van der Waals surface area contributed by atoms with E-state index in [1.807, 2.05) is 0 Å². The molecule has 6 aromatic carbocycles. The lowest BCUT2D eigenvalue weighted by molar-refractivity contribution is 1.07. The average molecular weight is 716 g/mol. The van der Waals surface area contributed by atoms with Crippen molar-refractivity contribution in [3.05, 3.63) is 200 Å². The van der Waals surface area contributed by atoms with Gasteiger partial charge in [0, 0.05) is 21.5 Å². The largest absolute Gasteiger partial charge is 0.294 e. The van der Waals surface area contributed by atoms with Crippen LogP contribution in [0.25, 0.3) is 100 Å². The molecule has 5 aromatic heterocycles. The zero-order valence-electron chi connectivity index (χ0n) is 30.3. The van der Waals surface area contributed by atoms with E-state index in [4.69, 9.17) is 15.0 Å². The van der Waals surface area contributed by atoms with E-state index in [-0.39, 0.29) is 0 Å². The van der Waals surface area contributed by atoms with Gasteiger partial charge in [-0.15, -0.1) is 0 Å². The molecule has 11 rings (SSSR count). The first-order valence-electron chi connectivity index (χ1n) is 18.9. The Kier molecular flexibility index (Phi) is 7.42. The second-order valence-electron chi connectivity index (χ2n) is 14.1. The van der Waals surface area contributed by atoms with Crippen molar-refractivity contribution < 1.29 is 0 Å². The Labute approximate surface area is 323 Å². The van der Waals surface area contributed by atoms with Crippen LogP contribution in [0, 0.1) is 0 Å². The molecule has 0 spiro atoms. The van der Waals surface area contributed by atoms with Crippen molar-refractivity contribution >= 4 is 43.6 Å². The molecule has 5 nitrogen and oxygen atoms in total. The highest BCUT2D eigenvalue weighted by atomic mass is 15.1. The molecule has 0 atom stereocenters. The third-order valence-electron chi connectivity index (χ3n) is 10.7. The van der Waals surface area contributed by atoms with Crippen molar-refractivity contribution in [1.29, 1.82) is 0 Å². The molecule has 11 aromatic rings. The molecular formula is C51H33N5. The van der Waals surface area contributed by atoms with Gasteiger partial charge in [0.1, 0.15) is 11.6 Å². The molecule has 0 aliphatic heterocycles. The summed E-state index contributed by atoms with van der Waals surface area (Å²) >= 11 is 0. The molecule has 0 N–H and O–H groups in total. The highest BCUT2D eigenvalue weighted by Gasteiger charge is 2.17. The third-order valence-corrected chi connectivity index (χ3v) is 10.7. The van der Waals surface area contributed by atoms with Crippen molar-refractivity contribution in [2.24, 2.45) is 0 Å². The molecule has 0 amide bonds. The number of hydrogen-bond donors (Lipinski definition) is 0. The summed E-state index contributed by atoms with van der Waals surface area (Å²) in [4.78, 5) is 16.0. The van der Waals surface area contributed by atoms with Crippen LogP contribution in [-0.4, -0.2) is 24.1 Å². The molecule has 262 valence electrons. The number of para-hydroxylation sites is 4. The van der Waals surface area contributed by atoms with E-state index >= 15 is 0 Å². The molecule has 5 heterocycles. The Balaban J connectivity index is 1.10. The Bertz CT molecular complexity index is 2980. The topological polar surface area (TPSA) is 48.5 Å². The fourth-order valence-electron chi connectivity index (χ4n) is 8.19. The summed E-state index contributed by atoms with van der Waals surface area (Å²) in [7, 11) is 0. The van der Waals surface area contributed by atoms with Gasteiger partial charge in [0.2, 0.25) is 0 Å². The summed E-state index contributed by atoms with van der Waals surface area (Å²) in [5.41, 5.74) is 12.0. The maximum Gasteiger partial charge on any atom is 0.138 e. The van der Waals surface area contributed by atoms with Gasteiger partial charge in [0.25, 0.3) is 0 Å². The molecule has 0 bridgehead atoms. The van der Waals surface area contributed by atoms with Gasteiger partial charge in [-0.3, -0.25) is 9.13 Å². The predicted octanol–water partition coefficient (Wildman–Crippen LogP) is 12.7. The van der Waals surface area contributed by atoms with Gasteiger partial charge < -0.3 is 0 Å². The Morgan fingerprint density at radius 2 is 0.625 bits per heavy atom. The van der Waals surface area contributed by atoms with Crippen molar-refractivity contribution in [3.8, 4) is 56.7 Å². The number of pyridine rings is 3. The van der Waals surface area contributed by atoms with E-state index in [1.54, 1.807) is 0 Å². The van der Waals surface area contributed by atoms with Crippen molar-refractivity contribution in [3.63, 3.8) is 0 Å². The normalized spacial score (nSPS) is 11.6. The minimum absolute atomic E-state index is 0.772. The zero-order chi connectivity index (χ0) is 37.0. The molecule has 0 saturated carbocycles. The van der Waals surface area contributed by atoms with Crippen molar-refractivity contribution in [2.45, 2.75) is 0 Å². The summed E-state index contributed by atoms with van der Waals surface area (Å²) in [5, 5.41) is 4.80. The van der Waals surface area contributed by atoms with Crippen LogP contribution in [0.3, 0.4) is 0 Å². The third kappa shape index (κ3) is 5.29. The lowest BCUT2D eigenvalue weighted by Gasteiger charge is -2.13. The summed E-state index contributed by atoms with van der Waals surface area (Å²) in [6.07, 6.45) is 0. The smallest absolute Gasteiger partial charge is 0.138 e. The molecular weight excluding hydrogens is 683 g/mol. The van der Waals surface area contributed by atoms with E-state index in [0.717, 1.165) is 73.2 Å². The number of aromatic nitrogens is 5. The van der Waals surface area contributed by atoms with Gasteiger partial charge in [-0.2, -0.15) is 0 Å². The summed E-state index contributed by atoms with van der Waals surface area (Å²) in [5.74, 6) is 1.68. The SMILES string of the molecule is c1ccc(-c2cccc(-c3cc(-c4cccc(-n5c6ccccc6c6ccccc65)n4)nc(-c4cccc(-n5c6ccccc6c6ccccc65)n4)c3)c2)cc1. The first kappa shape index (κ1) is 31.9. The van der Waals surface area contributed by atoms with Crippen LogP contribution in [-0.2, 0) is 0 Å². The fourth-order valence-corrected chi connectivity index (χ4v) is 8.19. The first-order valence-corrected chi connectivity index (χ1v) is 18.9. The number of nitrogens with zero attached hydrogens (tertiary/aromatic N) is 5. The number of hydrogen-bond acceptors (Lipinski definition) is 3. The summed E-state index contributed by atoms with van der Waals surface area (Å²) in [6, 6.07) is 70.0. The van der Waals surface area contributed by atoms with Gasteiger partial charge in [-0.25, -0.2) is 15.0 Å². The molecule has 0 radical (unpaired) electrons. The lowest BCUT2D eigenvalue weighted by Crippen LogP contribution is -2.01. The van der Waals surface area contributed by atoms with Crippen LogP contribution < -0.4 is 0 Å². The zero-order valence-corrected chi connectivity index (χ0v) is 30.3. The van der Waals surface area contributed by atoms with E-state index < -0.39 is 0 Å². The molecule has 0 aliphatic rings. The molecule has 0 saturated heterocycles. The van der Waals surface area contributed by atoms with Crippen LogP contribution in [0.1, 0.15) is 0 Å². The standard InChI is InChI=1S/C51H33N5/c1-2-15-34(16-3-1)35-17-12-18-36(31-35)37-32-44(42-23-13-29-50(53-42)55-46-25-8-4-19-38(46)39-20-5-9-26-47(39)55)52-45(33-37)43-24-14-30-51(54-43)56-48-27-10-6-21-40(48)41-22-7-11-28-49(41)56/h1-33H. The molecule has 56 heavy (non-hydrogen) atoms. The van der Waals surface area contributed by atoms with Gasteiger partial charge in [0.15, 0.2) is 0 Å². The van der Waals surface area contributed by atoms with Crippen LogP contribution in [0.2, 0.25) is 0 Å².